The summed E-state index contributed by atoms with van der Waals surface area (Å²) in [6, 6.07) is -0.906. The van der Waals surface area contributed by atoms with Gasteiger partial charge in [0.2, 0.25) is 11.8 Å². The number of esters is 1. The van der Waals surface area contributed by atoms with E-state index in [4.69, 9.17) is 9.47 Å². The highest BCUT2D eigenvalue weighted by atomic mass is 16.6. The number of fused-ring (bicyclic) bond motifs is 2. The van der Waals surface area contributed by atoms with E-state index in [1.165, 1.54) is 4.90 Å². The fourth-order valence-corrected chi connectivity index (χ4v) is 6.12. The van der Waals surface area contributed by atoms with Gasteiger partial charge >= 0.3 is 5.97 Å². The fourth-order valence-electron chi connectivity index (χ4n) is 6.12. The number of nitrogens with zero attached hydrogens (tertiary/aromatic N) is 2. The van der Waals surface area contributed by atoms with Crippen LogP contribution >= 0.6 is 0 Å². The molecule has 1 N–H and O–H groups in total. The lowest BCUT2D eigenvalue weighted by Crippen LogP contribution is -2.59. The molecular weight excluding hydrogens is 436 g/mol. The molecule has 4 aliphatic heterocycles. The second-order valence-corrected chi connectivity index (χ2v) is 10.8. The van der Waals surface area contributed by atoms with Crippen molar-refractivity contribution in [3.05, 3.63) is 24.3 Å². The molecule has 0 aromatic rings. The van der Waals surface area contributed by atoms with Crippen LogP contribution in [0.3, 0.4) is 0 Å². The lowest BCUT2D eigenvalue weighted by atomic mass is 9.73. The highest BCUT2D eigenvalue weighted by Gasteiger charge is 2.75. The number of likely N-dealkylation sites (tertiary alicyclic amines) is 1. The number of aliphatic hydroxyl groups is 1. The van der Waals surface area contributed by atoms with Crippen LogP contribution in [0.25, 0.3) is 0 Å². The van der Waals surface area contributed by atoms with Crippen LogP contribution < -0.4 is 0 Å². The third-order valence-electron chi connectivity index (χ3n) is 7.75. The molecule has 188 valence electrons. The Labute approximate surface area is 201 Å². The molecule has 2 fully saturated rings. The molecular formula is C26H38N2O6. The second-order valence-electron chi connectivity index (χ2n) is 10.8. The van der Waals surface area contributed by atoms with Crippen molar-refractivity contribution in [1.29, 1.82) is 0 Å². The lowest BCUT2D eigenvalue weighted by molar-refractivity contribution is -0.162. The molecule has 2 saturated heterocycles. The van der Waals surface area contributed by atoms with Gasteiger partial charge in [0.05, 0.1) is 12.5 Å². The van der Waals surface area contributed by atoms with Crippen molar-refractivity contribution in [2.45, 2.75) is 82.6 Å². The number of ether oxygens (including phenoxy) is 2. The van der Waals surface area contributed by atoms with E-state index in [0.29, 0.717) is 26.0 Å². The van der Waals surface area contributed by atoms with Gasteiger partial charge in [-0.2, -0.15) is 0 Å². The summed E-state index contributed by atoms with van der Waals surface area (Å²) < 4.78 is 12.5. The summed E-state index contributed by atoms with van der Waals surface area (Å²) in [4.78, 5) is 44.9. The zero-order valence-corrected chi connectivity index (χ0v) is 20.8. The average Bonchev–Trinajstić information content (AvgIpc) is 3.13. The number of carbonyl (C=O) groups excluding carboxylic acids is 3. The van der Waals surface area contributed by atoms with Crippen LogP contribution in [-0.2, 0) is 23.9 Å². The molecule has 1 unspecified atom stereocenters. The molecule has 5 atom stereocenters. The Balaban J connectivity index is 1.89. The Bertz CT molecular complexity index is 892. The summed E-state index contributed by atoms with van der Waals surface area (Å²) in [5.74, 6) is -2.63. The van der Waals surface area contributed by atoms with Crippen molar-refractivity contribution < 1.29 is 29.0 Å². The van der Waals surface area contributed by atoms with Gasteiger partial charge in [-0.3, -0.25) is 14.4 Å². The van der Waals surface area contributed by atoms with Gasteiger partial charge in [-0.25, -0.2) is 0 Å². The van der Waals surface area contributed by atoms with Crippen molar-refractivity contribution >= 4 is 17.8 Å². The summed E-state index contributed by atoms with van der Waals surface area (Å²) in [5.41, 5.74) is -2.77. The minimum Gasteiger partial charge on any atom is -0.465 e. The first-order chi connectivity index (χ1) is 16.1. The number of aliphatic hydroxyl groups excluding tert-OH is 1. The van der Waals surface area contributed by atoms with Crippen molar-refractivity contribution in [3.63, 3.8) is 0 Å². The fraction of sp³-hybridized carbons (Fsp3) is 0.731. The number of hydrogen-bond acceptors (Lipinski definition) is 6. The summed E-state index contributed by atoms with van der Waals surface area (Å²) in [6.45, 7) is 8.66. The van der Waals surface area contributed by atoms with Gasteiger partial charge in [0.25, 0.3) is 0 Å². The topological polar surface area (TPSA) is 96.4 Å². The average molecular weight is 475 g/mol. The predicted molar refractivity (Wildman–Crippen MR) is 126 cm³/mol. The van der Waals surface area contributed by atoms with Crippen LogP contribution in [0.4, 0.5) is 0 Å². The maximum atomic E-state index is 14.1. The van der Waals surface area contributed by atoms with Crippen LogP contribution in [0.15, 0.2) is 24.3 Å². The number of hydrogen-bond donors (Lipinski definition) is 1. The van der Waals surface area contributed by atoms with Crippen LogP contribution in [0, 0.1) is 11.8 Å². The first-order valence-corrected chi connectivity index (χ1v) is 12.6. The van der Waals surface area contributed by atoms with Crippen molar-refractivity contribution in [1.82, 2.24) is 9.80 Å². The molecule has 4 aliphatic rings. The summed E-state index contributed by atoms with van der Waals surface area (Å²) in [7, 11) is 0. The molecule has 0 bridgehead atoms. The standard InChI is InChI=1S/C26H38N2O6/c1-5-25-12-8-6-7-9-17-33-23(32)19(25)18-21(30)27(14-11-16-29)20-22(31)28(24(2,3)4)15-10-13-26(18,20)34-25/h8,10,12-13,18-20,29H,5-7,9,11,14-17H2,1-4H3/b12-8-/t18-,19+,20?,25-,26-/m0/s1. The Kier molecular flexibility index (Phi) is 6.68. The van der Waals surface area contributed by atoms with Crippen molar-refractivity contribution in [3.8, 4) is 0 Å². The summed E-state index contributed by atoms with van der Waals surface area (Å²) in [6.07, 6.45) is 11.0. The number of rotatable bonds is 4. The van der Waals surface area contributed by atoms with Gasteiger partial charge in [0.15, 0.2) is 0 Å². The van der Waals surface area contributed by atoms with E-state index in [1.54, 1.807) is 4.90 Å². The minimum absolute atomic E-state index is 0.102. The molecule has 0 aromatic heterocycles. The number of amides is 2. The SMILES string of the molecule is CC[C@]12/C=C\CCCCOC(=O)[C@H]1[C@H]1C(=O)N(CCCO)C3C(=O)N(C(C)(C)C)CC=C[C@@]31O2. The van der Waals surface area contributed by atoms with E-state index in [-0.39, 0.29) is 25.0 Å². The molecule has 8 heteroatoms. The third-order valence-corrected chi connectivity index (χ3v) is 7.75. The van der Waals surface area contributed by atoms with Gasteiger partial charge in [-0.15, -0.1) is 0 Å². The molecule has 0 radical (unpaired) electrons. The van der Waals surface area contributed by atoms with Gasteiger partial charge < -0.3 is 24.4 Å². The van der Waals surface area contributed by atoms with E-state index in [2.05, 4.69) is 0 Å². The smallest absolute Gasteiger partial charge is 0.313 e. The Hall–Kier alpha value is -2.19. The van der Waals surface area contributed by atoms with E-state index >= 15 is 0 Å². The zero-order chi connectivity index (χ0) is 24.7. The normalized spacial score (nSPS) is 37.1. The van der Waals surface area contributed by atoms with E-state index in [0.717, 1.165) is 19.3 Å². The minimum atomic E-state index is -1.28. The Morgan fingerprint density at radius 2 is 1.85 bits per heavy atom. The van der Waals surface area contributed by atoms with Crippen molar-refractivity contribution in [2.75, 3.05) is 26.3 Å². The van der Waals surface area contributed by atoms with Crippen LogP contribution in [-0.4, -0.2) is 81.8 Å². The molecule has 0 saturated carbocycles. The lowest BCUT2D eigenvalue weighted by Gasteiger charge is -2.41. The van der Waals surface area contributed by atoms with Crippen LogP contribution in [0.5, 0.6) is 0 Å². The first kappa shape index (κ1) is 24.9. The summed E-state index contributed by atoms with van der Waals surface area (Å²) >= 11 is 0. The predicted octanol–water partition coefficient (Wildman–Crippen LogP) is 2.21. The molecule has 4 rings (SSSR count). The number of cyclic esters (lactones) is 1. The number of carbonyl (C=O) groups is 3. The summed E-state index contributed by atoms with van der Waals surface area (Å²) in [5, 5.41) is 9.49. The molecule has 0 aliphatic carbocycles. The van der Waals surface area contributed by atoms with Crippen LogP contribution in [0.1, 0.15) is 59.8 Å². The highest BCUT2D eigenvalue weighted by Crippen LogP contribution is 2.58. The van der Waals surface area contributed by atoms with Gasteiger partial charge in [0, 0.05) is 25.2 Å². The highest BCUT2D eigenvalue weighted by molar-refractivity contribution is 5.99. The maximum Gasteiger partial charge on any atom is 0.313 e. The molecule has 2 amide bonds. The van der Waals surface area contributed by atoms with E-state index < -0.39 is 40.6 Å². The first-order valence-electron chi connectivity index (χ1n) is 12.6. The van der Waals surface area contributed by atoms with Gasteiger partial charge in [-0.05, 0) is 52.9 Å². The largest absolute Gasteiger partial charge is 0.465 e. The quantitative estimate of drug-likeness (QED) is 0.496. The van der Waals surface area contributed by atoms with Gasteiger partial charge in [-0.1, -0.05) is 31.2 Å². The monoisotopic (exact) mass is 474 g/mol. The Morgan fingerprint density at radius 3 is 2.53 bits per heavy atom. The Morgan fingerprint density at radius 1 is 1.09 bits per heavy atom. The van der Waals surface area contributed by atoms with E-state index in [9.17, 15) is 19.5 Å². The molecule has 8 nitrogen and oxygen atoms in total. The molecule has 0 aromatic carbocycles. The number of allylic oxidation sites excluding steroid dienone is 1. The van der Waals surface area contributed by atoms with Gasteiger partial charge in [0.1, 0.15) is 23.2 Å². The van der Waals surface area contributed by atoms with Crippen LogP contribution in [0.2, 0.25) is 0 Å². The van der Waals surface area contributed by atoms with Crippen molar-refractivity contribution in [2.24, 2.45) is 11.8 Å². The second kappa shape index (κ2) is 9.11. The third kappa shape index (κ3) is 3.79. The molecule has 1 spiro atoms. The molecule has 4 heterocycles. The maximum absolute atomic E-state index is 14.1. The molecule has 34 heavy (non-hydrogen) atoms. The zero-order valence-electron chi connectivity index (χ0n) is 20.8. The van der Waals surface area contributed by atoms with E-state index in [1.807, 2.05) is 52.0 Å².